The SMILES string of the molecule is CCCNC1(C(=O)O)CCC(Oc2ccccc2CC)C1. The van der Waals surface area contributed by atoms with Gasteiger partial charge in [-0.2, -0.15) is 0 Å². The van der Waals surface area contributed by atoms with E-state index in [4.69, 9.17) is 4.74 Å². The van der Waals surface area contributed by atoms with Gasteiger partial charge in [-0.15, -0.1) is 0 Å². The van der Waals surface area contributed by atoms with Crippen molar-refractivity contribution in [2.75, 3.05) is 6.54 Å². The summed E-state index contributed by atoms with van der Waals surface area (Å²) in [7, 11) is 0. The summed E-state index contributed by atoms with van der Waals surface area (Å²) in [4.78, 5) is 11.6. The van der Waals surface area contributed by atoms with Crippen LogP contribution in [0.2, 0.25) is 0 Å². The molecule has 0 bridgehead atoms. The van der Waals surface area contributed by atoms with Gasteiger partial charge in [0.25, 0.3) is 0 Å². The van der Waals surface area contributed by atoms with Crippen LogP contribution in [-0.4, -0.2) is 29.3 Å². The lowest BCUT2D eigenvalue weighted by Crippen LogP contribution is -2.50. The fourth-order valence-electron chi connectivity index (χ4n) is 2.99. The highest BCUT2D eigenvalue weighted by atomic mass is 16.5. The first kappa shape index (κ1) is 15.8. The van der Waals surface area contributed by atoms with Gasteiger partial charge in [0, 0.05) is 6.42 Å². The van der Waals surface area contributed by atoms with E-state index in [1.807, 2.05) is 25.1 Å². The normalized spacial score (nSPS) is 25.0. The molecule has 0 aliphatic heterocycles. The molecule has 1 aromatic carbocycles. The molecule has 0 heterocycles. The predicted molar refractivity (Wildman–Crippen MR) is 82.7 cm³/mol. The summed E-state index contributed by atoms with van der Waals surface area (Å²) in [6.45, 7) is 4.87. The third-order valence-electron chi connectivity index (χ3n) is 4.24. The van der Waals surface area contributed by atoms with E-state index in [-0.39, 0.29) is 6.10 Å². The summed E-state index contributed by atoms with van der Waals surface area (Å²) in [6, 6.07) is 8.00. The highest BCUT2D eigenvalue weighted by Crippen LogP contribution is 2.34. The van der Waals surface area contributed by atoms with E-state index in [2.05, 4.69) is 18.3 Å². The molecule has 1 aliphatic rings. The van der Waals surface area contributed by atoms with Crippen LogP contribution in [0.1, 0.15) is 45.1 Å². The third-order valence-corrected chi connectivity index (χ3v) is 4.24. The maximum atomic E-state index is 11.6. The van der Waals surface area contributed by atoms with Gasteiger partial charge in [0.05, 0.1) is 0 Å². The lowest BCUT2D eigenvalue weighted by atomic mass is 9.97. The van der Waals surface area contributed by atoms with Crippen LogP contribution in [-0.2, 0) is 11.2 Å². The monoisotopic (exact) mass is 291 g/mol. The molecular weight excluding hydrogens is 266 g/mol. The number of rotatable bonds is 7. The van der Waals surface area contributed by atoms with E-state index in [9.17, 15) is 9.90 Å². The highest BCUT2D eigenvalue weighted by molar-refractivity contribution is 5.79. The predicted octanol–water partition coefficient (Wildman–Crippen LogP) is 3.00. The summed E-state index contributed by atoms with van der Waals surface area (Å²) in [5, 5.41) is 12.8. The average molecular weight is 291 g/mol. The number of aliphatic carboxylic acids is 1. The summed E-state index contributed by atoms with van der Waals surface area (Å²) >= 11 is 0. The van der Waals surface area contributed by atoms with Crippen LogP contribution in [0.5, 0.6) is 5.75 Å². The lowest BCUT2D eigenvalue weighted by molar-refractivity contribution is -0.144. The molecule has 2 unspecified atom stereocenters. The Morgan fingerprint density at radius 2 is 2.19 bits per heavy atom. The van der Waals surface area contributed by atoms with Gasteiger partial charge in [0.15, 0.2) is 0 Å². The number of carboxylic acid groups (broad SMARTS) is 1. The molecular formula is C17H25NO3. The zero-order chi connectivity index (χ0) is 15.3. The second-order valence-electron chi connectivity index (χ2n) is 5.76. The Kier molecular flexibility index (Phi) is 5.23. The number of carboxylic acids is 1. The molecule has 1 aliphatic carbocycles. The number of benzene rings is 1. The summed E-state index contributed by atoms with van der Waals surface area (Å²) in [5.41, 5.74) is 0.355. The molecule has 4 nitrogen and oxygen atoms in total. The molecule has 1 saturated carbocycles. The van der Waals surface area contributed by atoms with Crippen molar-refractivity contribution in [1.29, 1.82) is 0 Å². The second-order valence-corrected chi connectivity index (χ2v) is 5.76. The molecule has 1 aromatic rings. The van der Waals surface area contributed by atoms with Crippen LogP contribution in [0.4, 0.5) is 0 Å². The average Bonchev–Trinajstić information content (AvgIpc) is 2.90. The van der Waals surface area contributed by atoms with Crippen LogP contribution in [0.25, 0.3) is 0 Å². The minimum Gasteiger partial charge on any atom is -0.490 e. The lowest BCUT2D eigenvalue weighted by Gasteiger charge is -2.26. The van der Waals surface area contributed by atoms with Crippen LogP contribution < -0.4 is 10.1 Å². The number of hydrogen-bond donors (Lipinski definition) is 2. The van der Waals surface area contributed by atoms with Crippen molar-refractivity contribution >= 4 is 5.97 Å². The first-order valence-corrected chi connectivity index (χ1v) is 7.84. The Balaban J connectivity index is 2.05. The van der Waals surface area contributed by atoms with Crippen LogP contribution >= 0.6 is 0 Å². The van der Waals surface area contributed by atoms with Crippen molar-refractivity contribution in [3.05, 3.63) is 29.8 Å². The van der Waals surface area contributed by atoms with Gasteiger partial charge in [-0.25, -0.2) is 0 Å². The van der Waals surface area contributed by atoms with Crippen LogP contribution in [0.15, 0.2) is 24.3 Å². The highest BCUT2D eigenvalue weighted by Gasteiger charge is 2.46. The summed E-state index contributed by atoms with van der Waals surface area (Å²) < 4.78 is 6.08. The number of hydrogen-bond acceptors (Lipinski definition) is 3. The van der Waals surface area contributed by atoms with E-state index in [1.54, 1.807) is 0 Å². The maximum Gasteiger partial charge on any atom is 0.324 e. The van der Waals surface area contributed by atoms with Crippen molar-refractivity contribution in [2.45, 2.75) is 57.6 Å². The standard InChI is InChI=1S/C17H25NO3/c1-3-11-18-17(16(19)20)10-9-14(12-17)21-15-8-6-5-7-13(15)4-2/h5-8,14,18H,3-4,9-12H2,1-2H3,(H,19,20). The smallest absolute Gasteiger partial charge is 0.324 e. The molecule has 2 N–H and O–H groups in total. The molecule has 0 spiro atoms. The maximum absolute atomic E-state index is 11.6. The van der Waals surface area contributed by atoms with Gasteiger partial charge in [-0.3, -0.25) is 4.79 Å². The second kappa shape index (κ2) is 6.94. The molecule has 0 radical (unpaired) electrons. The minimum atomic E-state index is -0.818. The molecule has 0 saturated heterocycles. The van der Waals surface area contributed by atoms with Crippen molar-refractivity contribution in [3.8, 4) is 5.75 Å². The van der Waals surface area contributed by atoms with Crippen molar-refractivity contribution in [2.24, 2.45) is 0 Å². The van der Waals surface area contributed by atoms with Crippen LogP contribution in [0, 0.1) is 0 Å². The van der Waals surface area contributed by atoms with E-state index in [1.165, 1.54) is 5.56 Å². The molecule has 21 heavy (non-hydrogen) atoms. The van der Waals surface area contributed by atoms with Gasteiger partial charge >= 0.3 is 5.97 Å². The summed E-state index contributed by atoms with van der Waals surface area (Å²) in [6.07, 6.45) is 3.75. The fourth-order valence-corrected chi connectivity index (χ4v) is 2.99. The quantitative estimate of drug-likeness (QED) is 0.811. The largest absolute Gasteiger partial charge is 0.490 e. The fraction of sp³-hybridized carbons (Fsp3) is 0.588. The van der Waals surface area contributed by atoms with E-state index < -0.39 is 11.5 Å². The zero-order valence-corrected chi connectivity index (χ0v) is 12.9. The molecule has 4 heteroatoms. The van der Waals surface area contributed by atoms with E-state index >= 15 is 0 Å². The molecule has 0 aromatic heterocycles. The molecule has 2 atom stereocenters. The van der Waals surface area contributed by atoms with Gasteiger partial charge in [0.2, 0.25) is 0 Å². The third kappa shape index (κ3) is 3.56. The Hall–Kier alpha value is -1.55. The Bertz CT molecular complexity index is 489. The first-order valence-electron chi connectivity index (χ1n) is 7.84. The Morgan fingerprint density at radius 1 is 1.43 bits per heavy atom. The number of aryl methyl sites for hydroxylation is 1. The van der Waals surface area contributed by atoms with Crippen LogP contribution in [0.3, 0.4) is 0 Å². The molecule has 0 amide bonds. The van der Waals surface area contributed by atoms with E-state index in [0.717, 1.165) is 31.6 Å². The van der Waals surface area contributed by atoms with Gasteiger partial charge in [-0.05, 0) is 43.9 Å². The van der Waals surface area contributed by atoms with Gasteiger partial charge in [-0.1, -0.05) is 32.0 Å². The minimum absolute atomic E-state index is 0.0295. The van der Waals surface area contributed by atoms with Crippen molar-refractivity contribution in [3.63, 3.8) is 0 Å². The first-order chi connectivity index (χ1) is 10.1. The van der Waals surface area contributed by atoms with Gasteiger partial charge in [0.1, 0.15) is 17.4 Å². The van der Waals surface area contributed by atoms with E-state index in [0.29, 0.717) is 12.8 Å². The zero-order valence-electron chi connectivity index (χ0n) is 12.9. The number of para-hydroxylation sites is 1. The number of ether oxygens (including phenoxy) is 1. The Morgan fingerprint density at radius 3 is 2.86 bits per heavy atom. The van der Waals surface area contributed by atoms with Crippen molar-refractivity contribution < 1.29 is 14.6 Å². The topological polar surface area (TPSA) is 58.6 Å². The molecule has 1 fully saturated rings. The molecule has 116 valence electrons. The van der Waals surface area contributed by atoms with Gasteiger partial charge < -0.3 is 15.2 Å². The molecule has 2 rings (SSSR count). The Labute approximate surface area is 126 Å². The van der Waals surface area contributed by atoms with Crippen molar-refractivity contribution in [1.82, 2.24) is 5.32 Å². The number of nitrogens with one attached hydrogen (secondary N) is 1. The summed E-state index contributed by atoms with van der Waals surface area (Å²) in [5.74, 6) is 0.132. The number of carbonyl (C=O) groups is 1.